The molecule has 0 aliphatic carbocycles. The van der Waals surface area contributed by atoms with Gasteiger partial charge in [-0.3, -0.25) is 9.59 Å². The minimum Gasteiger partial charge on any atom is -0.339 e. The maximum atomic E-state index is 12.7. The van der Waals surface area contributed by atoms with Crippen molar-refractivity contribution in [3.05, 3.63) is 69.2 Å². The molecule has 0 spiro atoms. The van der Waals surface area contributed by atoms with Crippen LogP contribution in [0.4, 0.5) is 0 Å². The molecule has 0 N–H and O–H groups in total. The fourth-order valence-electron chi connectivity index (χ4n) is 3.15. The van der Waals surface area contributed by atoms with Crippen molar-refractivity contribution >= 4 is 35.0 Å². The van der Waals surface area contributed by atoms with E-state index in [1.807, 2.05) is 11.8 Å². The van der Waals surface area contributed by atoms with E-state index in [-0.39, 0.29) is 11.8 Å². The van der Waals surface area contributed by atoms with Crippen LogP contribution in [-0.2, 0) is 11.2 Å². The minimum absolute atomic E-state index is 0.128. The summed E-state index contributed by atoms with van der Waals surface area (Å²) in [6.07, 6.45) is 1.22. The summed E-state index contributed by atoms with van der Waals surface area (Å²) >= 11 is 12.1. The molecule has 3 rings (SSSR count). The van der Waals surface area contributed by atoms with E-state index in [1.165, 1.54) is 11.1 Å². The molecule has 2 aromatic carbocycles. The van der Waals surface area contributed by atoms with E-state index in [9.17, 15) is 9.59 Å². The highest BCUT2D eigenvalue weighted by molar-refractivity contribution is 6.35. The third-order valence-electron chi connectivity index (χ3n) is 4.83. The molecule has 0 aromatic heterocycles. The van der Waals surface area contributed by atoms with Gasteiger partial charge in [0, 0.05) is 37.6 Å². The van der Waals surface area contributed by atoms with E-state index >= 15 is 0 Å². The van der Waals surface area contributed by atoms with Crippen LogP contribution in [-0.4, -0.2) is 47.8 Å². The van der Waals surface area contributed by atoms with Gasteiger partial charge in [0.05, 0.1) is 10.6 Å². The summed E-state index contributed by atoms with van der Waals surface area (Å²) in [5.41, 5.74) is 2.78. The van der Waals surface area contributed by atoms with Gasteiger partial charge in [0.25, 0.3) is 5.91 Å². The number of rotatable bonds is 4. The number of carbonyl (C=O) groups is 2. The topological polar surface area (TPSA) is 40.6 Å². The minimum atomic E-state index is -0.144. The van der Waals surface area contributed by atoms with Crippen molar-refractivity contribution < 1.29 is 9.59 Å². The van der Waals surface area contributed by atoms with Gasteiger partial charge >= 0.3 is 0 Å². The molecule has 0 atom stereocenters. The van der Waals surface area contributed by atoms with Crippen molar-refractivity contribution in [2.24, 2.45) is 0 Å². The van der Waals surface area contributed by atoms with Crippen LogP contribution < -0.4 is 0 Å². The van der Waals surface area contributed by atoms with E-state index in [0.717, 1.165) is 6.42 Å². The molecular weight excluding hydrogens is 383 g/mol. The van der Waals surface area contributed by atoms with Crippen LogP contribution in [0.5, 0.6) is 0 Å². The predicted molar refractivity (Wildman–Crippen MR) is 108 cm³/mol. The van der Waals surface area contributed by atoms with Crippen LogP contribution in [0.15, 0.2) is 42.5 Å². The second-order valence-electron chi connectivity index (χ2n) is 6.78. The number of carbonyl (C=O) groups excluding carboxylic acids is 2. The van der Waals surface area contributed by atoms with Crippen molar-refractivity contribution in [1.82, 2.24) is 9.80 Å². The number of halogens is 2. The molecule has 1 aliphatic rings. The lowest BCUT2D eigenvalue weighted by molar-refractivity contribution is -0.132. The molecule has 1 aliphatic heterocycles. The Balaban J connectivity index is 1.52. The smallest absolute Gasteiger partial charge is 0.255 e. The van der Waals surface area contributed by atoms with Gasteiger partial charge in [0.1, 0.15) is 0 Å². The van der Waals surface area contributed by atoms with Gasteiger partial charge in [-0.1, -0.05) is 53.0 Å². The van der Waals surface area contributed by atoms with Crippen LogP contribution in [0, 0.1) is 6.92 Å². The molecule has 2 amide bonds. The first-order valence-electron chi connectivity index (χ1n) is 9.01. The van der Waals surface area contributed by atoms with Crippen LogP contribution in [0.1, 0.15) is 27.9 Å². The fourth-order valence-corrected chi connectivity index (χ4v) is 3.53. The van der Waals surface area contributed by atoms with Crippen LogP contribution in [0.25, 0.3) is 0 Å². The van der Waals surface area contributed by atoms with E-state index in [4.69, 9.17) is 23.2 Å². The number of nitrogens with zero attached hydrogens (tertiary/aromatic N) is 2. The van der Waals surface area contributed by atoms with Gasteiger partial charge in [-0.2, -0.15) is 0 Å². The van der Waals surface area contributed by atoms with Crippen LogP contribution >= 0.6 is 23.2 Å². The Morgan fingerprint density at radius 1 is 0.926 bits per heavy atom. The summed E-state index contributed by atoms with van der Waals surface area (Å²) in [5, 5.41) is 0.869. The highest BCUT2D eigenvalue weighted by atomic mass is 35.5. The zero-order valence-electron chi connectivity index (χ0n) is 15.3. The number of aryl methyl sites for hydroxylation is 2. The van der Waals surface area contributed by atoms with E-state index < -0.39 is 0 Å². The number of hydrogen-bond acceptors (Lipinski definition) is 2. The van der Waals surface area contributed by atoms with Gasteiger partial charge < -0.3 is 9.80 Å². The predicted octanol–water partition coefficient (Wildman–Crippen LogP) is 4.22. The third-order valence-corrected chi connectivity index (χ3v) is 5.39. The highest BCUT2D eigenvalue weighted by Gasteiger charge is 2.25. The number of piperazine rings is 1. The van der Waals surface area contributed by atoms with Gasteiger partial charge in [-0.25, -0.2) is 0 Å². The first-order chi connectivity index (χ1) is 12.9. The SMILES string of the molecule is Cc1ccc(CCC(=O)N2CCN(C(=O)c3cc(Cl)ccc3Cl)CC2)cc1. The molecule has 142 valence electrons. The van der Waals surface area contributed by atoms with Crippen molar-refractivity contribution in [3.8, 4) is 0 Å². The van der Waals surface area contributed by atoms with E-state index in [1.54, 1.807) is 23.1 Å². The second-order valence-corrected chi connectivity index (χ2v) is 7.63. The summed E-state index contributed by atoms with van der Waals surface area (Å²) in [4.78, 5) is 28.7. The quantitative estimate of drug-likeness (QED) is 0.764. The second kappa shape index (κ2) is 8.77. The standard InChI is InChI=1S/C21H22Cl2N2O2/c1-15-2-4-16(5-3-15)6-9-20(26)24-10-12-25(13-11-24)21(27)18-14-17(22)7-8-19(18)23/h2-5,7-8,14H,6,9-13H2,1H3. The molecule has 0 bridgehead atoms. The average molecular weight is 405 g/mol. The Morgan fingerprint density at radius 3 is 2.22 bits per heavy atom. The number of hydrogen-bond donors (Lipinski definition) is 0. The van der Waals surface area contributed by atoms with E-state index in [0.29, 0.717) is 48.2 Å². The Labute approximate surface area is 169 Å². The molecule has 1 fully saturated rings. The number of benzene rings is 2. The molecule has 0 radical (unpaired) electrons. The average Bonchev–Trinajstić information content (AvgIpc) is 2.69. The molecule has 0 unspecified atom stereocenters. The monoisotopic (exact) mass is 404 g/mol. The number of amides is 2. The zero-order chi connectivity index (χ0) is 19.4. The van der Waals surface area contributed by atoms with Crippen molar-refractivity contribution in [2.45, 2.75) is 19.8 Å². The molecular formula is C21H22Cl2N2O2. The summed E-state index contributed by atoms with van der Waals surface area (Å²) in [6.45, 7) is 4.12. The Kier molecular flexibility index (Phi) is 6.40. The van der Waals surface area contributed by atoms with E-state index in [2.05, 4.69) is 24.3 Å². The summed E-state index contributed by atoms with van der Waals surface area (Å²) in [6, 6.07) is 13.1. The Bertz CT molecular complexity index is 829. The maximum absolute atomic E-state index is 12.7. The molecule has 2 aromatic rings. The van der Waals surface area contributed by atoms with Gasteiger partial charge in [-0.15, -0.1) is 0 Å². The summed E-state index contributed by atoms with van der Waals surface area (Å²) < 4.78 is 0. The Hall–Kier alpha value is -2.04. The molecule has 6 heteroatoms. The lowest BCUT2D eigenvalue weighted by Gasteiger charge is -2.35. The lowest BCUT2D eigenvalue weighted by atomic mass is 10.1. The van der Waals surface area contributed by atoms with Crippen molar-refractivity contribution in [1.29, 1.82) is 0 Å². The van der Waals surface area contributed by atoms with Gasteiger partial charge in [0.2, 0.25) is 5.91 Å². The highest BCUT2D eigenvalue weighted by Crippen LogP contribution is 2.22. The molecule has 1 heterocycles. The molecule has 0 saturated carbocycles. The molecule has 1 saturated heterocycles. The third kappa shape index (κ3) is 5.02. The van der Waals surface area contributed by atoms with Crippen LogP contribution in [0.2, 0.25) is 10.0 Å². The lowest BCUT2D eigenvalue weighted by Crippen LogP contribution is -2.50. The summed E-state index contributed by atoms with van der Waals surface area (Å²) in [7, 11) is 0. The van der Waals surface area contributed by atoms with Gasteiger partial charge in [-0.05, 0) is 37.1 Å². The molecule has 27 heavy (non-hydrogen) atoms. The Morgan fingerprint density at radius 2 is 1.56 bits per heavy atom. The van der Waals surface area contributed by atoms with Gasteiger partial charge in [0.15, 0.2) is 0 Å². The normalized spacial score (nSPS) is 14.3. The first-order valence-corrected chi connectivity index (χ1v) is 9.77. The van der Waals surface area contributed by atoms with Crippen molar-refractivity contribution in [3.63, 3.8) is 0 Å². The largest absolute Gasteiger partial charge is 0.339 e. The van der Waals surface area contributed by atoms with Crippen molar-refractivity contribution in [2.75, 3.05) is 26.2 Å². The fraction of sp³-hybridized carbons (Fsp3) is 0.333. The molecule has 4 nitrogen and oxygen atoms in total. The summed E-state index contributed by atoms with van der Waals surface area (Å²) in [5.74, 6) is -0.0160. The zero-order valence-corrected chi connectivity index (χ0v) is 16.8. The van der Waals surface area contributed by atoms with Crippen LogP contribution in [0.3, 0.4) is 0 Å². The maximum Gasteiger partial charge on any atom is 0.255 e. The first kappa shape index (κ1) is 19.7.